The van der Waals surface area contributed by atoms with Crippen molar-refractivity contribution in [3.05, 3.63) is 0 Å². The van der Waals surface area contributed by atoms with Gasteiger partial charge in [-0.1, -0.05) is 6.92 Å². The fraction of sp³-hybridized carbons (Fsp3) is 1.00. The van der Waals surface area contributed by atoms with Crippen LogP contribution in [0.3, 0.4) is 0 Å². The average Bonchev–Trinajstić information content (AvgIpc) is 2.87. The van der Waals surface area contributed by atoms with Gasteiger partial charge in [0.1, 0.15) is 0 Å². The van der Waals surface area contributed by atoms with Crippen molar-refractivity contribution >= 4 is 0 Å². The summed E-state index contributed by atoms with van der Waals surface area (Å²) in [6.07, 6.45) is 5.56. The maximum atomic E-state index is 3.50. The van der Waals surface area contributed by atoms with Crippen molar-refractivity contribution in [2.45, 2.75) is 32.6 Å². The van der Waals surface area contributed by atoms with Crippen molar-refractivity contribution < 1.29 is 0 Å². The topological polar surface area (TPSA) is 24.1 Å². The quantitative estimate of drug-likeness (QED) is 0.538. The van der Waals surface area contributed by atoms with Crippen LogP contribution in [0, 0.1) is 5.92 Å². The van der Waals surface area contributed by atoms with Gasteiger partial charge in [0.25, 0.3) is 0 Å². The molecule has 12 heavy (non-hydrogen) atoms. The van der Waals surface area contributed by atoms with E-state index in [2.05, 4.69) is 17.6 Å². The molecular weight excluding hydrogens is 148 g/mol. The van der Waals surface area contributed by atoms with Crippen LogP contribution in [0.2, 0.25) is 0 Å². The second-order valence-corrected chi connectivity index (χ2v) is 3.71. The van der Waals surface area contributed by atoms with E-state index >= 15 is 0 Å². The number of rotatable bonds is 8. The van der Waals surface area contributed by atoms with E-state index in [0.717, 1.165) is 12.5 Å². The molecule has 0 saturated heterocycles. The Morgan fingerprint density at radius 1 is 1.08 bits per heavy atom. The molecule has 0 radical (unpaired) electrons. The van der Waals surface area contributed by atoms with Crippen LogP contribution in [0.15, 0.2) is 0 Å². The highest BCUT2D eigenvalue weighted by Gasteiger charge is 2.19. The third-order valence-corrected chi connectivity index (χ3v) is 2.34. The molecule has 72 valence electrons. The minimum Gasteiger partial charge on any atom is -0.317 e. The first kappa shape index (κ1) is 10.0. The van der Waals surface area contributed by atoms with Crippen LogP contribution in [0.4, 0.5) is 0 Å². The summed E-state index contributed by atoms with van der Waals surface area (Å²) in [7, 11) is 0. The second kappa shape index (κ2) is 6.44. The van der Waals surface area contributed by atoms with Gasteiger partial charge >= 0.3 is 0 Å². The summed E-state index contributed by atoms with van der Waals surface area (Å²) in [5.41, 5.74) is 0. The standard InChI is InChI=1S/C10H22N2/c1-2-11-7-3-4-8-12-9-10-5-6-10/h10-12H,2-9H2,1H3. The van der Waals surface area contributed by atoms with E-state index in [4.69, 9.17) is 0 Å². The minimum absolute atomic E-state index is 1.03. The first-order valence-corrected chi connectivity index (χ1v) is 5.35. The predicted octanol–water partition coefficient (Wildman–Crippen LogP) is 1.38. The van der Waals surface area contributed by atoms with Crippen molar-refractivity contribution in [3.8, 4) is 0 Å². The molecule has 0 amide bonds. The molecule has 0 spiro atoms. The summed E-state index contributed by atoms with van der Waals surface area (Å²) >= 11 is 0. The molecule has 2 N–H and O–H groups in total. The van der Waals surface area contributed by atoms with E-state index in [1.54, 1.807) is 0 Å². The molecule has 1 rings (SSSR count). The Hall–Kier alpha value is -0.0800. The summed E-state index contributed by atoms with van der Waals surface area (Å²) in [5.74, 6) is 1.03. The van der Waals surface area contributed by atoms with E-state index in [1.807, 2.05) is 0 Å². The molecule has 1 saturated carbocycles. The van der Waals surface area contributed by atoms with Gasteiger partial charge in [0.05, 0.1) is 0 Å². The normalized spacial score (nSPS) is 16.8. The molecule has 1 aliphatic rings. The molecule has 0 aromatic heterocycles. The maximum absolute atomic E-state index is 3.50. The lowest BCUT2D eigenvalue weighted by molar-refractivity contribution is 0.575. The van der Waals surface area contributed by atoms with E-state index in [0.29, 0.717) is 0 Å². The third-order valence-electron chi connectivity index (χ3n) is 2.34. The van der Waals surface area contributed by atoms with E-state index in [1.165, 1.54) is 45.3 Å². The Morgan fingerprint density at radius 2 is 1.75 bits per heavy atom. The maximum Gasteiger partial charge on any atom is -0.00205 e. The van der Waals surface area contributed by atoms with Crippen LogP contribution in [0.1, 0.15) is 32.6 Å². The highest BCUT2D eigenvalue weighted by atomic mass is 14.9. The van der Waals surface area contributed by atoms with Gasteiger partial charge < -0.3 is 10.6 Å². The molecule has 0 heterocycles. The molecule has 1 fully saturated rings. The fourth-order valence-electron chi connectivity index (χ4n) is 1.30. The molecule has 0 atom stereocenters. The molecule has 0 bridgehead atoms. The van der Waals surface area contributed by atoms with Gasteiger partial charge in [-0.15, -0.1) is 0 Å². The zero-order valence-corrected chi connectivity index (χ0v) is 8.23. The Morgan fingerprint density at radius 3 is 2.33 bits per heavy atom. The van der Waals surface area contributed by atoms with Gasteiger partial charge in [-0.25, -0.2) is 0 Å². The third kappa shape index (κ3) is 5.56. The van der Waals surface area contributed by atoms with Crippen molar-refractivity contribution in [1.29, 1.82) is 0 Å². The molecule has 1 aliphatic carbocycles. The monoisotopic (exact) mass is 170 g/mol. The van der Waals surface area contributed by atoms with Gasteiger partial charge in [-0.2, -0.15) is 0 Å². The van der Waals surface area contributed by atoms with Gasteiger partial charge in [0.2, 0.25) is 0 Å². The van der Waals surface area contributed by atoms with Gasteiger partial charge in [0.15, 0.2) is 0 Å². The first-order chi connectivity index (χ1) is 5.93. The van der Waals surface area contributed by atoms with Gasteiger partial charge in [-0.3, -0.25) is 0 Å². The lowest BCUT2D eigenvalue weighted by atomic mass is 10.3. The van der Waals surface area contributed by atoms with Crippen LogP contribution in [0.25, 0.3) is 0 Å². The smallest absolute Gasteiger partial charge is 0.00205 e. The number of unbranched alkanes of at least 4 members (excludes halogenated alkanes) is 1. The van der Waals surface area contributed by atoms with Crippen LogP contribution < -0.4 is 10.6 Å². The first-order valence-electron chi connectivity index (χ1n) is 5.35. The summed E-state index contributed by atoms with van der Waals surface area (Å²) in [6.45, 7) is 6.92. The van der Waals surface area contributed by atoms with Crippen molar-refractivity contribution in [1.82, 2.24) is 10.6 Å². The van der Waals surface area contributed by atoms with Crippen LogP contribution in [-0.4, -0.2) is 26.2 Å². The molecule has 0 aliphatic heterocycles. The van der Waals surface area contributed by atoms with E-state index in [9.17, 15) is 0 Å². The zero-order chi connectivity index (χ0) is 8.65. The number of nitrogens with one attached hydrogen (secondary N) is 2. The number of hydrogen-bond acceptors (Lipinski definition) is 2. The molecular formula is C10H22N2. The molecule has 0 aromatic rings. The SMILES string of the molecule is CCNCCCCNCC1CC1. The lowest BCUT2D eigenvalue weighted by Crippen LogP contribution is -2.20. The summed E-state index contributed by atoms with van der Waals surface area (Å²) in [6, 6.07) is 0. The van der Waals surface area contributed by atoms with Crippen LogP contribution in [-0.2, 0) is 0 Å². The Labute approximate surface area is 76.1 Å². The molecule has 2 nitrogen and oxygen atoms in total. The highest BCUT2D eigenvalue weighted by Crippen LogP contribution is 2.27. The summed E-state index contributed by atoms with van der Waals surface area (Å²) in [4.78, 5) is 0. The van der Waals surface area contributed by atoms with Crippen molar-refractivity contribution in [3.63, 3.8) is 0 Å². The van der Waals surface area contributed by atoms with Crippen molar-refractivity contribution in [2.24, 2.45) is 5.92 Å². The summed E-state index contributed by atoms with van der Waals surface area (Å²) < 4.78 is 0. The Kier molecular flexibility index (Phi) is 5.37. The van der Waals surface area contributed by atoms with Crippen LogP contribution in [0.5, 0.6) is 0 Å². The largest absolute Gasteiger partial charge is 0.317 e. The van der Waals surface area contributed by atoms with E-state index in [-0.39, 0.29) is 0 Å². The minimum atomic E-state index is 1.03. The van der Waals surface area contributed by atoms with Crippen LogP contribution >= 0.6 is 0 Å². The predicted molar refractivity (Wildman–Crippen MR) is 53.4 cm³/mol. The average molecular weight is 170 g/mol. The zero-order valence-electron chi connectivity index (χ0n) is 8.23. The fourth-order valence-corrected chi connectivity index (χ4v) is 1.30. The Balaban J connectivity index is 1.65. The Bertz CT molecular complexity index is 100. The van der Waals surface area contributed by atoms with E-state index < -0.39 is 0 Å². The van der Waals surface area contributed by atoms with Gasteiger partial charge in [-0.05, 0) is 57.8 Å². The second-order valence-electron chi connectivity index (χ2n) is 3.71. The van der Waals surface area contributed by atoms with Gasteiger partial charge in [0, 0.05) is 0 Å². The highest BCUT2D eigenvalue weighted by molar-refractivity contribution is 4.74. The lowest BCUT2D eigenvalue weighted by Gasteiger charge is -2.03. The number of hydrogen-bond donors (Lipinski definition) is 2. The molecule has 0 aromatic carbocycles. The molecule has 0 unspecified atom stereocenters. The summed E-state index contributed by atoms with van der Waals surface area (Å²) in [5, 5.41) is 6.83. The molecule has 2 heteroatoms. The van der Waals surface area contributed by atoms with Crippen molar-refractivity contribution in [2.75, 3.05) is 26.2 Å².